The summed E-state index contributed by atoms with van der Waals surface area (Å²) < 4.78 is 0. The van der Waals surface area contributed by atoms with Crippen LogP contribution in [0.5, 0.6) is 0 Å². The second-order valence-electron chi connectivity index (χ2n) is 2.59. The summed E-state index contributed by atoms with van der Waals surface area (Å²) in [7, 11) is 4.05. The van der Waals surface area contributed by atoms with Gasteiger partial charge in [-0.1, -0.05) is 0 Å². The van der Waals surface area contributed by atoms with Crippen molar-refractivity contribution in [1.29, 1.82) is 0 Å². The Morgan fingerprint density at radius 1 is 1.33 bits per heavy atom. The average molecular weight is 126 g/mol. The van der Waals surface area contributed by atoms with Gasteiger partial charge in [0.25, 0.3) is 0 Å². The van der Waals surface area contributed by atoms with Crippen LogP contribution in [0.2, 0.25) is 0 Å². The first-order valence-electron chi connectivity index (χ1n) is 3.46. The van der Waals surface area contributed by atoms with E-state index in [0.717, 1.165) is 0 Å². The van der Waals surface area contributed by atoms with E-state index in [0.29, 0.717) is 0 Å². The normalized spacial score (nSPS) is 22.2. The molecule has 1 fully saturated rings. The Balaban J connectivity index is 2.35. The Morgan fingerprint density at radius 3 is 2.33 bits per heavy atom. The lowest BCUT2D eigenvalue weighted by atomic mass is 10.1. The SMILES string of the molecule is CN=C1CCN(C)CC1. The average Bonchev–Trinajstić information content (AvgIpc) is 1.90. The molecule has 0 radical (unpaired) electrons. The predicted molar refractivity (Wildman–Crippen MR) is 40.1 cm³/mol. The highest BCUT2D eigenvalue weighted by molar-refractivity contribution is 5.85. The summed E-state index contributed by atoms with van der Waals surface area (Å²) >= 11 is 0. The van der Waals surface area contributed by atoms with Gasteiger partial charge in [0.2, 0.25) is 0 Å². The monoisotopic (exact) mass is 126 g/mol. The van der Waals surface area contributed by atoms with Crippen molar-refractivity contribution >= 4 is 5.71 Å². The van der Waals surface area contributed by atoms with E-state index in [-0.39, 0.29) is 0 Å². The molecule has 0 unspecified atom stereocenters. The Hall–Kier alpha value is -0.370. The first-order chi connectivity index (χ1) is 4.33. The van der Waals surface area contributed by atoms with E-state index >= 15 is 0 Å². The predicted octanol–water partition coefficient (Wildman–Crippen LogP) is 0.783. The number of nitrogens with zero attached hydrogens (tertiary/aromatic N) is 2. The van der Waals surface area contributed by atoms with Gasteiger partial charge in [-0.2, -0.15) is 0 Å². The molecule has 0 aromatic heterocycles. The molecule has 0 bridgehead atoms. The number of rotatable bonds is 0. The van der Waals surface area contributed by atoms with Crippen molar-refractivity contribution in [2.45, 2.75) is 12.8 Å². The molecule has 0 aliphatic carbocycles. The van der Waals surface area contributed by atoms with Gasteiger partial charge in [0.05, 0.1) is 0 Å². The molecule has 1 aliphatic rings. The van der Waals surface area contributed by atoms with Crippen molar-refractivity contribution < 1.29 is 0 Å². The summed E-state index contributed by atoms with van der Waals surface area (Å²) in [5.41, 5.74) is 1.38. The molecule has 0 aromatic rings. The van der Waals surface area contributed by atoms with Gasteiger partial charge in [-0.15, -0.1) is 0 Å². The van der Waals surface area contributed by atoms with Gasteiger partial charge in [-0.25, -0.2) is 0 Å². The minimum Gasteiger partial charge on any atom is -0.306 e. The minimum atomic E-state index is 1.17. The summed E-state index contributed by atoms with van der Waals surface area (Å²) in [4.78, 5) is 6.51. The molecule has 1 rings (SSSR count). The zero-order valence-electron chi connectivity index (χ0n) is 6.22. The van der Waals surface area contributed by atoms with Gasteiger partial charge in [0.1, 0.15) is 0 Å². The van der Waals surface area contributed by atoms with Crippen molar-refractivity contribution in [1.82, 2.24) is 4.90 Å². The van der Waals surface area contributed by atoms with Gasteiger partial charge in [-0.3, -0.25) is 4.99 Å². The molecule has 1 saturated heterocycles. The number of piperidine rings is 1. The van der Waals surface area contributed by atoms with E-state index in [9.17, 15) is 0 Å². The maximum atomic E-state index is 4.17. The van der Waals surface area contributed by atoms with Crippen LogP contribution in [0.1, 0.15) is 12.8 Å². The standard InChI is InChI=1S/C7H14N2/c1-8-7-3-5-9(2)6-4-7/h3-6H2,1-2H3. The number of aliphatic imine (C=N–C) groups is 1. The largest absolute Gasteiger partial charge is 0.306 e. The summed E-state index contributed by atoms with van der Waals surface area (Å²) in [6.07, 6.45) is 2.35. The maximum absolute atomic E-state index is 4.17. The Morgan fingerprint density at radius 2 is 1.89 bits per heavy atom. The highest BCUT2D eigenvalue weighted by atomic mass is 15.1. The van der Waals surface area contributed by atoms with Crippen LogP contribution in [0.3, 0.4) is 0 Å². The van der Waals surface area contributed by atoms with E-state index in [1.807, 2.05) is 7.05 Å². The van der Waals surface area contributed by atoms with Crippen molar-refractivity contribution in [3.8, 4) is 0 Å². The lowest BCUT2D eigenvalue weighted by Crippen LogP contribution is -2.30. The lowest BCUT2D eigenvalue weighted by Gasteiger charge is -2.22. The topological polar surface area (TPSA) is 15.6 Å². The fourth-order valence-electron chi connectivity index (χ4n) is 1.10. The minimum absolute atomic E-state index is 1.17. The fourth-order valence-corrected chi connectivity index (χ4v) is 1.10. The number of hydrogen-bond acceptors (Lipinski definition) is 2. The van der Waals surface area contributed by atoms with Gasteiger partial charge in [0.15, 0.2) is 0 Å². The maximum Gasteiger partial charge on any atom is 0.0276 e. The van der Waals surface area contributed by atoms with E-state index < -0.39 is 0 Å². The van der Waals surface area contributed by atoms with Gasteiger partial charge in [-0.05, 0) is 19.9 Å². The smallest absolute Gasteiger partial charge is 0.0276 e. The second-order valence-corrected chi connectivity index (χ2v) is 2.59. The molecule has 9 heavy (non-hydrogen) atoms. The molecule has 2 nitrogen and oxygen atoms in total. The Kier molecular flexibility index (Phi) is 2.22. The van der Waals surface area contributed by atoms with Crippen molar-refractivity contribution in [3.05, 3.63) is 0 Å². The van der Waals surface area contributed by atoms with Crippen molar-refractivity contribution in [3.63, 3.8) is 0 Å². The highest BCUT2D eigenvalue weighted by Gasteiger charge is 2.08. The molecule has 0 aromatic carbocycles. The summed E-state index contributed by atoms with van der Waals surface area (Å²) in [6.45, 7) is 2.37. The van der Waals surface area contributed by atoms with Crippen LogP contribution in [0.15, 0.2) is 4.99 Å². The summed E-state index contributed by atoms with van der Waals surface area (Å²) in [6, 6.07) is 0. The zero-order valence-corrected chi connectivity index (χ0v) is 6.22. The zero-order chi connectivity index (χ0) is 6.69. The first-order valence-corrected chi connectivity index (χ1v) is 3.46. The van der Waals surface area contributed by atoms with Crippen LogP contribution >= 0.6 is 0 Å². The third-order valence-corrected chi connectivity index (χ3v) is 1.88. The van der Waals surface area contributed by atoms with Gasteiger partial charge in [0, 0.05) is 25.8 Å². The number of likely N-dealkylation sites (tertiary alicyclic amines) is 1. The molecule has 52 valence electrons. The summed E-state index contributed by atoms with van der Waals surface area (Å²) in [5.74, 6) is 0. The Bertz CT molecular complexity index is 108. The second kappa shape index (κ2) is 2.97. The van der Waals surface area contributed by atoms with Crippen LogP contribution in [0.4, 0.5) is 0 Å². The van der Waals surface area contributed by atoms with E-state index in [2.05, 4.69) is 16.9 Å². The van der Waals surface area contributed by atoms with Crippen molar-refractivity contribution in [2.75, 3.05) is 27.2 Å². The molecular weight excluding hydrogens is 112 g/mol. The third-order valence-electron chi connectivity index (χ3n) is 1.88. The molecule has 0 N–H and O–H groups in total. The van der Waals surface area contributed by atoms with Crippen LogP contribution < -0.4 is 0 Å². The molecule has 1 aliphatic heterocycles. The lowest BCUT2D eigenvalue weighted by molar-refractivity contribution is 0.336. The third kappa shape index (κ3) is 1.79. The van der Waals surface area contributed by atoms with E-state index in [1.165, 1.54) is 31.6 Å². The molecular formula is C7H14N2. The fraction of sp³-hybridized carbons (Fsp3) is 0.857. The molecule has 0 spiro atoms. The molecule has 0 atom stereocenters. The molecule has 0 saturated carbocycles. The quantitative estimate of drug-likeness (QED) is 0.468. The first kappa shape index (κ1) is 6.75. The van der Waals surface area contributed by atoms with Crippen LogP contribution in [-0.2, 0) is 0 Å². The molecule has 2 heteroatoms. The number of hydrogen-bond donors (Lipinski definition) is 0. The van der Waals surface area contributed by atoms with E-state index in [1.54, 1.807) is 0 Å². The van der Waals surface area contributed by atoms with Gasteiger partial charge >= 0.3 is 0 Å². The highest BCUT2D eigenvalue weighted by Crippen LogP contribution is 2.03. The van der Waals surface area contributed by atoms with Crippen LogP contribution in [0, 0.1) is 0 Å². The Labute approximate surface area is 56.6 Å². The van der Waals surface area contributed by atoms with Crippen LogP contribution in [0.25, 0.3) is 0 Å². The molecule has 1 heterocycles. The molecule has 0 amide bonds. The van der Waals surface area contributed by atoms with Crippen molar-refractivity contribution in [2.24, 2.45) is 4.99 Å². The van der Waals surface area contributed by atoms with E-state index in [4.69, 9.17) is 0 Å². The summed E-state index contributed by atoms with van der Waals surface area (Å²) in [5, 5.41) is 0. The van der Waals surface area contributed by atoms with Gasteiger partial charge < -0.3 is 4.90 Å². The van der Waals surface area contributed by atoms with Crippen LogP contribution in [-0.4, -0.2) is 37.8 Å².